The summed E-state index contributed by atoms with van der Waals surface area (Å²) < 4.78 is 38.6. The zero-order valence-corrected chi connectivity index (χ0v) is 15.6. The third-order valence-electron chi connectivity index (χ3n) is 5.46. The highest BCUT2D eigenvalue weighted by Gasteiger charge is 2.42. The molecule has 1 aromatic carbocycles. The molecule has 0 saturated carbocycles. The lowest BCUT2D eigenvalue weighted by molar-refractivity contribution is -0.179. The van der Waals surface area contributed by atoms with E-state index in [9.17, 15) is 8.42 Å². The summed E-state index contributed by atoms with van der Waals surface area (Å²) in [6.07, 6.45) is 2.19. The first-order valence-corrected chi connectivity index (χ1v) is 10.1. The number of nitrogens with zero attached hydrogens (tertiary/aromatic N) is 1. The molecule has 134 valence electrons. The Balaban J connectivity index is 1.74. The van der Waals surface area contributed by atoms with Gasteiger partial charge >= 0.3 is 0 Å². The van der Waals surface area contributed by atoms with Crippen LogP contribution in [0.1, 0.15) is 45.6 Å². The Kier molecular flexibility index (Phi) is 4.77. The van der Waals surface area contributed by atoms with Crippen molar-refractivity contribution in [1.82, 2.24) is 4.31 Å². The van der Waals surface area contributed by atoms with Crippen molar-refractivity contribution in [1.29, 1.82) is 0 Å². The molecule has 0 N–H and O–H groups in total. The number of benzene rings is 1. The number of piperidine rings is 1. The molecule has 2 fully saturated rings. The Morgan fingerprint density at radius 1 is 1.08 bits per heavy atom. The summed E-state index contributed by atoms with van der Waals surface area (Å²) in [5, 5.41) is 0. The van der Waals surface area contributed by atoms with Gasteiger partial charge in [-0.2, -0.15) is 4.31 Å². The molecule has 0 atom stereocenters. The van der Waals surface area contributed by atoms with Gasteiger partial charge in [-0.1, -0.05) is 32.9 Å². The van der Waals surface area contributed by atoms with Gasteiger partial charge in [-0.15, -0.1) is 0 Å². The van der Waals surface area contributed by atoms with Crippen LogP contribution in [0, 0.1) is 0 Å². The van der Waals surface area contributed by atoms with E-state index in [1.807, 2.05) is 12.1 Å². The minimum absolute atomic E-state index is 0.0525. The number of rotatable bonds is 4. The second-order valence-electron chi connectivity index (χ2n) is 7.27. The third kappa shape index (κ3) is 3.25. The van der Waals surface area contributed by atoms with Crippen molar-refractivity contribution in [3.05, 3.63) is 29.8 Å². The molecule has 0 bridgehead atoms. The van der Waals surface area contributed by atoms with Crippen molar-refractivity contribution in [2.75, 3.05) is 26.3 Å². The van der Waals surface area contributed by atoms with E-state index in [1.165, 1.54) is 0 Å². The topological polar surface area (TPSA) is 55.8 Å². The van der Waals surface area contributed by atoms with Crippen LogP contribution in [-0.2, 0) is 24.9 Å². The lowest BCUT2D eigenvalue weighted by Crippen LogP contribution is -2.47. The van der Waals surface area contributed by atoms with Crippen LogP contribution in [0.2, 0.25) is 0 Å². The van der Waals surface area contributed by atoms with E-state index in [0.29, 0.717) is 44.0 Å². The molecular weight excluding hydrogens is 326 g/mol. The van der Waals surface area contributed by atoms with Crippen molar-refractivity contribution < 1.29 is 17.9 Å². The SMILES string of the molecule is CCC(C)(C)c1ccc(S(=O)(=O)N2CCC3(CC2)OCCO3)cc1. The highest BCUT2D eigenvalue weighted by Crippen LogP contribution is 2.34. The fraction of sp³-hybridized carbons (Fsp3) is 0.667. The molecule has 1 spiro atoms. The quantitative estimate of drug-likeness (QED) is 0.835. The normalized spacial score (nSPS) is 22.1. The number of sulfonamides is 1. The lowest BCUT2D eigenvalue weighted by Gasteiger charge is -2.36. The van der Waals surface area contributed by atoms with E-state index in [0.717, 1.165) is 12.0 Å². The van der Waals surface area contributed by atoms with E-state index in [-0.39, 0.29) is 5.41 Å². The molecular formula is C18H27NO4S. The van der Waals surface area contributed by atoms with Crippen molar-refractivity contribution in [2.24, 2.45) is 0 Å². The van der Waals surface area contributed by atoms with Gasteiger partial charge in [0, 0.05) is 25.9 Å². The van der Waals surface area contributed by atoms with Gasteiger partial charge in [0.05, 0.1) is 18.1 Å². The minimum Gasteiger partial charge on any atom is -0.347 e. The molecule has 2 aliphatic heterocycles. The van der Waals surface area contributed by atoms with Gasteiger partial charge in [0.15, 0.2) is 5.79 Å². The molecule has 5 nitrogen and oxygen atoms in total. The Hall–Kier alpha value is -0.950. The number of hydrogen-bond acceptors (Lipinski definition) is 4. The van der Waals surface area contributed by atoms with Crippen molar-refractivity contribution in [2.45, 2.75) is 56.1 Å². The second kappa shape index (κ2) is 6.41. The molecule has 0 radical (unpaired) electrons. The fourth-order valence-electron chi connectivity index (χ4n) is 3.28. The maximum atomic E-state index is 12.9. The highest BCUT2D eigenvalue weighted by molar-refractivity contribution is 7.89. The summed E-state index contributed by atoms with van der Waals surface area (Å²) in [7, 11) is -3.46. The Bertz CT molecular complexity index is 665. The van der Waals surface area contributed by atoms with E-state index in [4.69, 9.17) is 9.47 Å². The van der Waals surface area contributed by atoms with Crippen LogP contribution in [0.25, 0.3) is 0 Å². The van der Waals surface area contributed by atoms with Crippen molar-refractivity contribution in [3.8, 4) is 0 Å². The van der Waals surface area contributed by atoms with Gasteiger partial charge in [-0.3, -0.25) is 0 Å². The summed E-state index contributed by atoms with van der Waals surface area (Å²) in [5.74, 6) is -0.555. The Morgan fingerprint density at radius 3 is 2.12 bits per heavy atom. The standard InChI is InChI=1S/C18H27NO4S/c1-4-17(2,3)15-5-7-16(8-6-15)24(20,21)19-11-9-18(10-12-19)22-13-14-23-18/h5-8H,4,9-14H2,1-3H3. The fourth-order valence-corrected chi connectivity index (χ4v) is 4.73. The molecule has 0 aliphatic carbocycles. The van der Waals surface area contributed by atoms with Gasteiger partial charge in [0.1, 0.15) is 0 Å². The highest BCUT2D eigenvalue weighted by atomic mass is 32.2. The maximum Gasteiger partial charge on any atom is 0.243 e. The van der Waals surface area contributed by atoms with Crippen molar-refractivity contribution in [3.63, 3.8) is 0 Å². The molecule has 0 amide bonds. The van der Waals surface area contributed by atoms with Crippen LogP contribution >= 0.6 is 0 Å². The van der Waals surface area contributed by atoms with Gasteiger partial charge in [-0.25, -0.2) is 8.42 Å². The first-order chi connectivity index (χ1) is 11.3. The summed E-state index contributed by atoms with van der Waals surface area (Å²) in [5.41, 5.74) is 1.21. The summed E-state index contributed by atoms with van der Waals surface area (Å²) in [6.45, 7) is 8.55. The molecule has 6 heteroatoms. The first kappa shape index (κ1) is 17.9. The van der Waals surface area contributed by atoms with Crippen LogP contribution in [0.15, 0.2) is 29.2 Å². The smallest absolute Gasteiger partial charge is 0.243 e. The van der Waals surface area contributed by atoms with E-state index < -0.39 is 15.8 Å². The maximum absolute atomic E-state index is 12.9. The Morgan fingerprint density at radius 2 is 1.62 bits per heavy atom. The van der Waals surface area contributed by atoms with Gasteiger partial charge in [-0.05, 0) is 29.5 Å². The van der Waals surface area contributed by atoms with Crippen molar-refractivity contribution >= 4 is 10.0 Å². The molecule has 0 aromatic heterocycles. The van der Waals surface area contributed by atoms with Crippen LogP contribution in [0.4, 0.5) is 0 Å². The average molecular weight is 353 g/mol. The van der Waals surface area contributed by atoms with E-state index in [1.54, 1.807) is 16.4 Å². The summed E-state index contributed by atoms with van der Waals surface area (Å²) >= 11 is 0. The molecule has 1 aromatic rings. The van der Waals surface area contributed by atoms with Crippen LogP contribution < -0.4 is 0 Å². The third-order valence-corrected chi connectivity index (χ3v) is 7.37. The summed E-state index contributed by atoms with van der Waals surface area (Å²) in [4.78, 5) is 0.363. The van der Waals surface area contributed by atoms with Crippen LogP contribution in [0.3, 0.4) is 0 Å². The molecule has 0 unspecified atom stereocenters. The monoisotopic (exact) mass is 353 g/mol. The van der Waals surface area contributed by atoms with Crippen LogP contribution in [0.5, 0.6) is 0 Å². The average Bonchev–Trinajstić information content (AvgIpc) is 3.03. The van der Waals surface area contributed by atoms with Gasteiger partial charge in [0.25, 0.3) is 0 Å². The molecule has 3 rings (SSSR count). The molecule has 24 heavy (non-hydrogen) atoms. The van der Waals surface area contributed by atoms with E-state index in [2.05, 4.69) is 20.8 Å². The van der Waals surface area contributed by atoms with Gasteiger partial charge < -0.3 is 9.47 Å². The van der Waals surface area contributed by atoms with Crippen LogP contribution in [-0.4, -0.2) is 44.8 Å². The largest absolute Gasteiger partial charge is 0.347 e. The molecule has 2 saturated heterocycles. The van der Waals surface area contributed by atoms with Gasteiger partial charge in [0.2, 0.25) is 10.0 Å². The zero-order chi connectivity index (χ0) is 17.4. The molecule has 2 aliphatic rings. The second-order valence-corrected chi connectivity index (χ2v) is 9.21. The Labute approximate surface area is 145 Å². The zero-order valence-electron chi connectivity index (χ0n) is 14.7. The first-order valence-electron chi connectivity index (χ1n) is 8.68. The summed E-state index contributed by atoms with van der Waals surface area (Å²) in [6, 6.07) is 7.33. The lowest BCUT2D eigenvalue weighted by atomic mass is 9.82. The molecule has 2 heterocycles. The van der Waals surface area contributed by atoms with E-state index >= 15 is 0 Å². The predicted octanol–water partition coefficient (Wildman–Crippen LogP) is 2.90. The number of ether oxygens (including phenoxy) is 2. The predicted molar refractivity (Wildman–Crippen MR) is 92.4 cm³/mol. The minimum atomic E-state index is -3.46. The number of hydrogen-bond donors (Lipinski definition) is 0.